The van der Waals surface area contributed by atoms with Crippen molar-refractivity contribution in [2.75, 3.05) is 0 Å². The summed E-state index contributed by atoms with van der Waals surface area (Å²) in [5.74, 6) is -1.14. The second-order valence-electron chi connectivity index (χ2n) is 3.98. The smallest absolute Gasteiger partial charge is 0.335 e. The Kier molecular flexibility index (Phi) is 3.61. The Morgan fingerprint density at radius 2 is 1.68 bits per heavy atom. The Balaban J connectivity index is 2.17. The van der Waals surface area contributed by atoms with Gasteiger partial charge in [0.05, 0.1) is 5.56 Å². The van der Waals surface area contributed by atoms with Gasteiger partial charge in [0.2, 0.25) is 0 Å². The van der Waals surface area contributed by atoms with E-state index < -0.39 is 11.5 Å². The summed E-state index contributed by atoms with van der Waals surface area (Å²) in [4.78, 5) is 33.8. The maximum Gasteiger partial charge on any atom is 0.335 e. The molecule has 0 saturated heterocycles. The first-order valence-corrected chi connectivity index (χ1v) is 5.67. The van der Waals surface area contributed by atoms with E-state index in [1.807, 2.05) is 0 Å². The van der Waals surface area contributed by atoms with Crippen molar-refractivity contribution in [2.45, 2.75) is 13.1 Å². The maximum absolute atomic E-state index is 11.7. The van der Waals surface area contributed by atoms with Gasteiger partial charge in [-0.15, -0.1) is 0 Å². The molecule has 0 bridgehead atoms. The predicted molar refractivity (Wildman–Crippen MR) is 68.4 cm³/mol. The van der Waals surface area contributed by atoms with Gasteiger partial charge in [-0.1, -0.05) is 6.07 Å². The van der Waals surface area contributed by atoms with Gasteiger partial charge >= 0.3 is 5.97 Å². The van der Waals surface area contributed by atoms with Gasteiger partial charge in [0.15, 0.2) is 0 Å². The highest BCUT2D eigenvalue weighted by Crippen LogP contribution is 1.95. The van der Waals surface area contributed by atoms with Crippen molar-refractivity contribution in [3.8, 4) is 0 Å². The Labute approximate surface area is 108 Å². The molecule has 2 aromatic rings. The molecule has 0 spiro atoms. The largest absolute Gasteiger partial charge is 0.478 e. The van der Waals surface area contributed by atoms with Gasteiger partial charge in [0.1, 0.15) is 0 Å². The van der Waals surface area contributed by atoms with Crippen molar-refractivity contribution in [3.05, 3.63) is 69.0 Å². The summed E-state index contributed by atoms with van der Waals surface area (Å²) in [6.07, 6.45) is 3.05. The molecule has 0 radical (unpaired) electrons. The molecule has 0 aliphatic rings. The normalized spacial score (nSPS) is 10.3. The van der Waals surface area contributed by atoms with E-state index in [9.17, 15) is 14.4 Å². The van der Waals surface area contributed by atoms with Gasteiger partial charge in [-0.05, 0) is 12.1 Å². The third-order valence-electron chi connectivity index (χ3n) is 2.72. The number of carboxylic acids is 1. The van der Waals surface area contributed by atoms with E-state index in [2.05, 4.69) is 0 Å². The highest BCUT2D eigenvalue weighted by atomic mass is 16.4. The number of pyridine rings is 2. The third kappa shape index (κ3) is 2.98. The van der Waals surface area contributed by atoms with Crippen LogP contribution in [0.2, 0.25) is 0 Å². The van der Waals surface area contributed by atoms with Crippen LogP contribution in [0.15, 0.2) is 52.3 Å². The quantitative estimate of drug-likeness (QED) is 0.863. The predicted octanol–water partition coefficient (Wildman–Crippen LogP) is 0.408. The number of carboxylic acid groups (broad SMARTS) is 1. The molecule has 0 unspecified atom stereocenters. The molecule has 1 N–H and O–H groups in total. The summed E-state index contributed by atoms with van der Waals surface area (Å²) < 4.78 is 2.85. The first-order chi connectivity index (χ1) is 9.08. The third-order valence-corrected chi connectivity index (χ3v) is 2.72. The number of rotatable bonds is 4. The lowest BCUT2D eigenvalue weighted by molar-refractivity contribution is 0.0696. The van der Waals surface area contributed by atoms with Crippen LogP contribution in [0.1, 0.15) is 10.4 Å². The molecule has 2 aromatic heterocycles. The van der Waals surface area contributed by atoms with Crippen LogP contribution in [0.5, 0.6) is 0 Å². The molecule has 6 heteroatoms. The fraction of sp³-hybridized carbons (Fsp3) is 0.154. The first-order valence-electron chi connectivity index (χ1n) is 5.67. The van der Waals surface area contributed by atoms with E-state index in [0.717, 1.165) is 6.07 Å². The van der Waals surface area contributed by atoms with Crippen molar-refractivity contribution in [3.63, 3.8) is 0 Å². The van der Waals surface area contributed by atoms with E-state index in [0.29, 0.717) is 13.1 Å². The minimum absolute atomic E-state index is 0.0434. The summed E-state index contributed by atoms with van der Waals surface area (Å²) >= 11 is 0. The Bertz CT molecular complexity index is 715. The number of carbonyl (C=O) groups is 1. The summed E-state index contributed by atoms with van der Waals surface area (Å²) in [5, 5.41) is 8.75. The summed E-state index contributed by atoms with van der Waals surface area (Å²) in [6, 6.07) is 7.24. The Morgan fingerprint density at radius 1 is 1.00 bits per heavy atom. The average Bonchev–Trinajstić information content (AvgIpc) is 2.39. The molecular weight excluding hydrogens is 248 g/mol. The first kappa shape index (κ1) is 12.8. The lowest BCUT2D eigenvalue weighted by Gasteiger charge is -2.07. The van der Waals surface area contributed by atoms with Crippen molar-refractivity contribution in [1.29, 1.82) is 0 Å². The molecule has 0 saturated carbocycles. The number of aryl methyl sites for hydroxylation is 2. The average molecular weight is 260 g/mol. The molecule has 19 heavy (non-hydrogen) atoms. The molecule has 2 rings (SSSR count). The molecular formula is C13H12N2O4. The number of aromatic carboxylic acids is 1. The van der Waals surface area contributed by atoms with Crippen LogP contribution < -0.4 is 11.1 Å². The van der Waals surface area contributed by atoms with Gasteiger partial charge in [-0.25, -0.2) is 4.79 Å². The van der Waals surface area contributed by atoms with Crippen LogP contribution >= 0.6 is 0 Å². The molecule has 0 fully saturated rings. The second-order valence-corrected chi connectivity index (χ2v) is 3.98. The van der Waals surface area contributed by atoms with Gasteiger partial charge in [0.25, 0.3) is 11.1 Å². The monoisotopic (exact) mass is 260 g/mol. The molecule has 6 nitrogen and oxygen atoms in total. The zero-order valence-electron chi connectivity index (χ0n) is 10.0. The van der Waals surface area contributed by atoms with Crippen molar-refractivity contribution in [1.82, 2.24) is 9.13 Å². The van der Waals surface area contributed by atoms with Gasteiger partial charge in [-0.2, -0.15) is 0 Å². The molecule has 0 aromatic carbocycles. The van der Waals surface area contributed by atoms with Gasteiger partial charge in [-0.3, -0.25) is 9.59 Å². The fourth-order valence-electron chi connectivity index (χ4n) is 1.69. The Morgan fingerprint density at radius 3 is 2.26 bits per heavy atom. The molecule has 0 aliphatic heterocycles. The van der Waals surface area contributed by atoms with Gasteiger partial charge < -0.3 is 14.2 Å². The second kappa shape index (κ2) is 5.34. The maximum atomic E-state index is 11.7. The minimum Gasteiger partial charge on any atom is -0.478 e. The lowest BCUT2D eigenvalue weighted by atomic mass is 10.3. The van der Waals surface area contributed by atoms with Crippen LogP contribution in [0, 0.1) is 0 Å². The van der Waals surface area contributed by atoms with E-state index in [1.165, 1.54) is 27.5 Å². The number of hydrogen-bond donors (Lipinski definition) is 1. The summed E-state index contributed by atoms with van der Waals surface area (Å²) in [6.45, 7) is 0.661. The molecule has 2 heterocycles. The molecule has 0 atom stereocenters. The zero-order chi connectivity index (χ0) is 13.8. The topological polar surface area (TPSA) is 81.3 Å². The Hall–Kier alpha value is -2.63. The zero-order valence-corrected chi connectivity index (χ0v) is 10.0. The number of nitrogens with zero attached hydrogens (tertiary/aromatic N) is 2. The highest BCUT2D eigenvalue weighted by Gasteiger charge is 2.05. The van der Waals surface area contributed by atoms with E-state index in [1.54, 1.807) is 18.3 Å². The standard InChI is InChI=1S/C13H12N2O4/c16-11-3-1-2-5-14(11)7-8-15-6-4-10(13(18)19)9-12(15)17/h1-6,9H,7-8H2,(H,18,19). The number of hydrogen-bond acceptors (Lipinski definition) is 3. The SMILES string of the molecule is O=C(O)c1ccn(CCn2ccccc2=O)c(=O)c1. The summed E-state index contributed by atoms with van der Waals surface area (Å²) in [5.41, 5.74) is -0.584. The van der Waals surface area contributed by atoms with Crippen molar-refractivity contribution >= 4 is 5.97 Å². The van der Waals surface area contributed by atoms with Crippen LogP contribution in [-0.2, 0) is 13.1 Å². The van der Waals surface area contributed by atoms with Crippen LogP contribution in [0.25, 0.3) is 0 Å². The number of aromatic nitrogens is 2. The van der Waals surface area contributed by atoms with E-state index in [-0.39, 0.29) is 11.1 Å². The van der Waals surface area contributed by atoms with Crippen LogP contribution in [-0.4, -0.2) is 20.2 Å². The molecule has 98 valence electrons. The summed E-state index contributed by atoms with van der Waals surface area (Å²) in [7, 11) is 0. The van der Waals surface area contributed by atoms with E-state index in [4.69, 9.17) is 5.11 Å². The lowest BCUT2D eigenvalue weighted by Crippen LogP contribution is -2.26. The van der Waals surface area contributed by atoms with Crippen LogP contribution in [0.4, 0.5) is 0 Å². The van der Waals surface area contributed by atoms with E-state index >= 15 is 0 Å². The molecule has 0 aliphatic carbocycles. The highest BCUT2D eigenvalue weighted by molar-refractivity contribution is 5.87. The van der Waals surface area contributed by atoms with Crippen molar-refractivity contribution < 1.29 is 9.90 Å². The fourth-order valence-corrected chi connectivity index (χ4v) is 1.69. The van der Waals surface area contributed by atoms with Crippen molar-refractivity contribution in [2.24, 2.45) is 0 Å². The minimum atomic E-state index is -1.14. The molecule has 0 amide bonds. The van der Waals surface area contributed by atoms with Crippen LogP contribution in [0.3, 0.4) is 0 Å². The van der Waals surface area contributed by atoms with Gasteiger partial charge in [0, 0.05) is 37.6 Å².